The lowest BCUT2D eigenvalue weighted by atomic mass is 9.47. The molecule has 2 aliphatic carbocycles. The average molecular weight is 383 g/mol. The fourth-order valence-electron chi connectivity index (χ4n) is 5.03. The monoisotopic (exact) mass is 382 g/mol. The first-order valence-corrected chi connectivity index (χ1v) is 10.6. The molecule has 3 atom stereocenters. The maximum atomic E-state index is 14.0. The van der Waals surface area contributed by atoms with E-state index in [9.17, 15) is 9.59 Å². The van der Waals surface area contributed by atoms with Crippen molar-refractivity contribution in [2.75, 3.05) is 0 Å². The van der Waals surface area contributed by atoms with E-state index in [-0.39, 0.29) is 11.6 Å². The minimum atomic E-state index is -0.880. The zero-order chi connectivity index (χ0) is 21.3. The molecule has 0 radical (unpaired) electrons. The molecule has 0 spiro atoms. The Kier molecular flexibility index (Phi) is 6.74. The van der Waals surface area contributed by atoms with Crippen LogP contribution in [-0.2, 0) is 9.59 Å². The molecule has 154 valence electrons. The van der Waals surface area contributed by atoms with Gasteiger partial charge in [-0.15, -0.1) is 0 Å². The molecule has 28 heavy (non-hydrogen) atoms. The van der Waals surface area contributed by atoms with Crippen LogP contribution in [0.5, 0.6) is 0 Å². The van der Waals surface area contributed by atoms with Crippen molar-refractivity contribution in [2.24, 2.45) is 16.7 Å². The molecule has 0 N–H and O–H groups in total. The minimum absolute atomic E-state index is 0.0715. The van der Waals surface area contributed by atoms with Crippen molar-refractivity contribution in [3.8, 4) is 0 Å². The predicted octanol–water partition coefficient (Wildman–Crippen LogP) is 6.93. The molecular weight excluding hydrogens is 344 g/mol. The summed E-state index contributed by atoms with van der Waals surface area (Å²) in [5.74, 6) is 0.606. The first-order valence-electron chi connectivity index (χ1n) is 10.6. The zero-order valence-corrected chi connectivity index (χ0v) is 19.2. The van der Waals surface area contributed by atoms with Crippen molar-refractivity contribution in [1.29, 1.82) is 0 Å². The standard InChI is InChI=1S/C26H38O2/c1-17(2)9-10-22-15-25(13-11-18(3)4)21(8)20(7)23(27)26(16-22,24(25)28)14-12-19(5)6/h9,11-12,22H,10,13-16H2,1-8H3. The van der Waals surface area contributed by atoms with Gasteiger partial charge >= 0.3 is 0 Å². The Hall–Kier alpha value is -1.70. The fourth-order valence-corrected chi connectivity index (χ4v) is 5.03. The van der Waals surface area contributed by atoms with Gasteiger partial charge in [-0.2, -0.15) is 0 Å². The molecule has 2 heteroatoms. The van der Waals surface area contributed by atoms with Crippen LogP contribution in [0.3, 0.4) is 0 Å². The molecule has 3 unspecified atom stereocenters. The van der Waals surface area contributed by atoms with Crippen LogP contribution in [-0.4, -0.2) is 11.6 Å². The number of ketones is 2. The third kappa shape index (κ3) is 4.02. The van der Waals surface area contributed by atoms with E-state index in [1.54, 1.807) is 0 Å². The summed E-state index contributed by atoms with van der Waals surface area (Å²) in [6.45, 7) is 16.5. The van der Waals surface area contributed by atoms with E-state index >= 15 is 0 Å². The highest BCUT2D eigenvalue weighted by Crippen LogP contribution is 2.59. The van der Waals surface area contributed by atoms with E-state index in [2.05, 4.69) is 45.9 Å². The van der Waals surface area contributed by atoms with Gasteiger partial charge in [-0.25, -0.2) is 0 Å². The second-order valence-corrected chi connectivity index (χ2v) is 9.84. The van der Waals surface area contributed by atoms with Crippen molar-refractivity contribution < 1.29 is 9.59 Å². The van der Waals surface area contributed by atoms with Crippen molar-refractivity contribution in [2.45, 2.75) is 87.5 Å². The van der Waals surface area contributed by atoms with Gasteiger partial charge in [-0.1, -0.05) is 40.5 Å². The van der Waals surface area contributed by atoms with Gasteiger partial charge in [-0.05, 0) is 99.0 Å². The van der Waals surface area contributed by atoms with Gasteiger partial charge in [0.15, 0.2) is 11.6 Å². The lowest BCUT2D eigenvalue weighted by Gasteiger charge is -2.53. The summed E-state index contributed by atoms with van der Waals surface area (Å²) in [5.41, 5.74) is 4.12. The lowest BCUT2D eigenvalue weighted by Crippen LogP contribution is -2.58. The Morgan fingerprint density at radius 2 is 1.29 bits per heavy atom. The highest BCUT2D eigenvalue weighted by Gasteiger charge is 2.62. The Morgan fingerprint density at radius 3 is 1.79 bits per heavy atom. The van der Waals surface area contributed by atoms with Crippen molar-refractivity contribution in [3.05, 3.63) is 46.1 Å². The number of Topliss-reactive ketones (excluding diaryl/α,β-unsaturated/α-hetero) is 2. The summed E-state index contributed by atoms with van der Waals surface area (Å²) < 4.78 is 0. The quantitative estimate of drug-likeness (QED) is 0.369. The lowest BCUT2D eigenvalue weighted by molar-refractivity contribution is -0.153. The molecule has 2 rings (SSSR count). The summed E-state index contributed by atoms with van der Waals surface area (Å²) in [4.78, 5) is 27.5. The molecule has 0 aromatic carbocycles. The van der Waals surface area contributed by atoms with Gasteiger partial charge in [0.25, 0.3) is 0 Å². The first-order chi connectivity index (χ1) is 13.0. The van der Waals surface area contributed by atoms with Crippen LogP contribution < -0.4 is 0 Å². The second kappa shape index (κ2) is 8.35. The maximum absolute atomic E-state index is 14.0. The van der Waals surface area contributed by atoms with Gasteiger partial charge < -0.3 is 0 Å². The van der Waals surface area contributed by atoms with Crippen LogP contribution in [0.4, 0.5) is 0 Å². The number of fused-ring (bicyclic) bond motifs is 2. The summed E-state index contributed by atoms with van der Waals surface area (Å²) in [6, 6.07) is 0. The van der Waals surface area contributed by atoms with Crippen LogP contribution >= 0.6 is 0 Å². The van der Waals surface area contributed by atoms with Gasteiger partial charge in [0, 0.05) is 0 Å². The highest BCUT2D eigenvalue weighted by molar-refractivity contribution is 6.20. The van der Waals surface area contributed by atoms with E-state index in [0.717, 1.165) is 24.0 Å². The third-order valence-corrected chi connectivity index (χ3v) is 6.78. The molecule has 0 heterocycles. The fraction of sp³-hybridized carbons (Fsp3) is 0.615. The van der Waals surface area contributed by atoms with Crippen molar-refractivity contribution >= 4 is 11.6 Å². The van der Waals surface area contributed by atoms with Gasteiger partial charge in [0.1, 0.15) is 0 Å². The topological polar surface area (TPSA) is 34.1 Å². The van der Waals surface area contributed by atoms with E-state index in [1.807, 2.05) is 27.7 Å². The number of carbonyl (C=O) groups is 2. The molecule has 1 saturated carbocycles. The SMILES string of the molecule is CC(C)=CCC1CC2(CC=C(C)C)C(=O)C(C)=C(C)C(CC=C(C)C)(C1)C2=O. The summed E-state index contributed by atoms with van der Waals surface area (Å²) in [5, 5.41) is 0. The molecule has 0 aromatic rings. The molecule has 2 bridgehead atoms. The van der Waals surface area contributed by atoms with E-state index in [0.29, 0.717) is 25.2 Å². The van der Waals surface area contributed by atoms with E-state index < -0.39 is 10.8 Å². The van der Waals surface area contributed by atoms with Crippen LogP contribution in [0, 0.1) is 16.7 Å². The van der Waals surface area contributed by atoms with E-state index in [4.69, 9.17) is 0 Å². The van der Waals surface area contributed by atoms with Crippen LogP contribution in [0.25, 0.3) is 0 Å². The Morgan fingerprint density at radius 1 is 0.821 bits per heavy atom. The molecule has 0 saturated heterocycles. The molecule has 1 fully saturated rings. The summed E-state index contributed by atoms with van der Waals surface area (Å²) >= 11 is 0. The number of carbonyl (C=O) groups excluding carboxylic acids is 2. The number of rotatable bonds is 6. The third-order valence-electron chi connectivity index (χ3n) is 6.78. The summed E-state index contributed by atoms with van der Waals surface area (Å²) in [6.07, 6.45) is 10.3. The largest absolute Gasteiger partial charge is 0.298 e. The highest BCUT2D eigenvalue weighted by atomic mass is 16.2. The normalized spacial score (nSPS) is 29.5. The molecule has 2 aliphatic rings. The Balaban J connectivity index is 2.67. The second-order valence-electron chi connectivity index (χ2n) is 9.84. The Labute approximate surface area is 171 Å². The number of hydrogen-bond acceptors (Lipinski definition) is 2. The van der Waals surface area contributed by atoms with Crippen LogP contribution in [0.2, 0.25) is 0 Å². The summed E-state index contributed by atoms with van der Waals surface area (Å²) in [7, 11) is 0. The molecule has 0 aliphatic heterocycles. The smallest absolute Gasteiger partial charge is 0.172 e. The zero-order valence-electron chi connectivity index (χ0n) is 19.2. The average Bonchev–Trinajstić information content (AvgIpc) is 2.62. The van der Waals surface area contributed by atoms with Crippen molar-refractivity contribution in [3.63, 3.8) is 0 Å². The van der Waals surface area contributed by atoms with Gasteiger partial charge in [-0.3, -0.25) is 9.59 Å². The van der Waals surface area contributed by atoms with E-state index in [1.165, 1.54) is 16.7 Å². The first kappa shape index (κ1) is 22.6. The number of hydrogen-bond donors (Lipinski definition) is 0. The van der Waals surface area contributed by atoms with Crippen LogP contribution in [0.1, 0.15) is 87.5 Å². The minimum Gasteiger partial charge on any atom is -0.298 e. The molecule has 0 amide bonds. The predicted molar refractivity (Wildman–Crippen MR) is 118 cm³/mol. The molecular formula is C26H38O2. The van der Waals surface area contributed by atoms with Crippen molar-refractivity contribution in [1.82, 2.24) is 0 Å². The number of allylic oxidation sites excluding steroid dienone is 8. The molecule has 2 nitrogen and oxygen atoms in total. The van der Waals surface area contributed by atoms with Gasteiger partial charge in [0.05, 0.1) is 10.8 Å². The Bertz CT molecular complexity index is 777. The molecule has 0 aromatic heterocycles. The van der Waals surface area contributed by atoms with Gasteiger partial charge in [0.2, 0.25) is 0 Å². The van der Waals surface area contributed by atoms with Crippen LogP contribution in [0.15, 0.2) is 46.1 Å². The maximum Gasteiger partial charge on any atom is 0.172 e.